The van der Waals surface area contributed by atoms with Crippen LogP contribution in [0.3, 0.4) is 0 Å². The zero-order valence-electron chi connectivity index (χ0n) is 15.5. The second kappa shape index (κ2) is 7.97. The molecule has 2 aromatic rings. The molecule has 0 bridgehead atoms. The molecule has 1 N–H and O–H groups in total. The zero-order valence-corrected chi connectivity index (χ0v) is 15.5. The van der Waals surface area contributed by atoms with Gasteiger partial charge in [-0.25, -0.2) is 14.3 Å². The van der Waals surface area contributed by atoms with Crippen LogP contribution in [0, 0.1) is 6.92 Å². The molecule has 0 aliphatic carbocycles. The van der Waals surface area contributed by atoms with Crippen molar-refractivity contribution in [1.82, 2.24) is 20.0 Å². The second-order valence-electron chi connectivity index (χ2n) is 6.31. The first-order valence-corrected chi connectivity index (χ1v) is 8.62. The van der Waals surface area contributed by atoms with Gasteiger partial charge in [-0.05, 0) is 25.1 Å². The number of benzene rings is 1. The molecule has 0 radical (unpaired) electrons. The van der Waals surface area contributed by atoms with Crippen LogP contribution in [0.5, 0.6) is 0 Å². The molecular formula is C18H15F3N4O5. The largest absolute Gasteiger partial charge is 0.451 e. The van der Waals surface area contributed by atoms with E-state index in [1.807, 2.05) is 0 Å². The van der Waals surface area contributed by atoms with Gasteiger partial charge in [-0.2, -0.15) is 18.3 Å². The van der Waals surface area contributed by atoms with Gasteiger partial charge in [0.05, 0.1) is 11.3 Å². The first-order chi connectivity index (χ1) is 14.1. The Balaban J connectivity index is 1.84. The van der Waals surface area contributed by atoms with Gasteiger partial charge >= 0.3 is 18.2 Å². The molecule has 3 amide bonds. The number of ether oxygens (including phenoxy) is 1. The van der Waals surface area contributed by atoms with Gasteiger partial charge in [-0.3, -0.25) is 14.5 Å². The Kier molecular flexibility index (Phi) is 5.58. The van der Waals surface area contributed by atoms with Crippen LogP contribution in [0.4, 0.5) is 18.0 Å². The molecule has 3 rings (SSSR count). The molecule has 1 aliphatic rings. The summed E-state index contributed by atoms with van der Waals surface area (Å²) >= 11 is 0. The number of esters is 1. The first kappa shape index (κ1) is 21.0. The van der Waals surface area contributed by atoms with Crippen LogP contribution in [0.1, 0.15) is 21.7 Å². The van der Waals surface area contributed by atoms with Gasteiger partial charge in [-0.15, -0.1) is 0 Å². The van der Waals surface area contributed by atoms with Crippen molar-refractivity contribution in [2.45, 2.75) is 13.1 Å². The number of aryl methyl sites for hydroxylation is 1. The fourth-order valence-corrected chi connectivity index (χ4v) is 2.75. The maximum absolute atomic E-state index is 13.0. The first-order valence-electron chi connectivity index (χ1n) is 8.62. The number of imide groups is 1. The van der Waals surface area contributed by atoms with Gasteiger partial charge in [0.25, 0.3) is 5.91 Å². The Morgan fingerprint density at radius 3 is 2.60 bits per heavy atom. The van der Waals surface area contributed by atoms with Crippen molar-refractivity contribution in [3.63, 3.8) is 0 Å². The number of aromatic nitrogens is 2. The van der Waals surface area contributed by atoms with Crippen molar-refractivity contribution in [3.05, 3.63) is 57.5 Å². The molecule has 2 heterocycles. The van der Waals surface area contributed by atoms with Crippen LogP contribution in [-0.2, 0) is 15.7 Å². The summed E-state index contributed by atoms with van der Waals surface area (Å²) in [4.78, 5) is 48.6. The van der Waals surface area contributed by atoms with E-state index in [1.165, 1.54) is 13.0 Å². The maximum atomic E-state index is 13.0. The molecule has 0 unspecified atom stereocenters. The number of urea groups is 1. The van der Waals surface area contributed by atoms with E-state index < -0.39 is 47.4 Å². The molecule has 30 heavy (non-hydrogen) atoms. The smallest absolute Gasteiger partial charge is 0.416 e. The lowest BCUT2D eigenvalue weighted by Gasteiger charge is -2.14. The number of alkyl halides is 3. The van der Waals surface area contributed by atoms with E-state index in [0.29, 0.717) is 0 Å². The molecule has 1 aliphatic heterocycles. The predicted molar refractivity (Wildman–Crippen MR) is 95.0 cm³/mol. The monoisotopic (exact) mass is 424 g/mol. The molecule has 1 fully saturated rings. The average molecular weight is 424 g/mol. The number of hydrogen-bond donors (Lipinski definition) is 1. The van der Waals surface area contributed by atoms with Crippen molar-refractivity contribution in [2.75, 3.05) is 19.7 Å². The Bertz CT molecular complexity index is 1080. The molecule has 0 atom stereocenters. The van der Waals surface area contributed by atoms with Crippen LogP contribution in [-0.4, -0.2) is 52.3 Å². The topological polar surface area (TPSA) is 111 Å². The summed E-state index contributed by atoms with van der Waals surface area (Å²) in [6, 6.07) is 4.56. The molecule has 1 saturated heterocycles. The summed E-state index contributed by atoms with van der Waals surface area (Å²) in [5.74, 6) is -2.03. The number of nitrogens with zero attached hydrogens (tertiary/aromatic N) is 3. The minimum atomic E-state index is -4.59. The lowest BCUT2D eigenvalue weighted by atomic mass is 10.2. The lowest BCUT2D eigenvalue weighted by Crippen LogP contribution is -2.37. The Morgan fingerprint density at radius 2 is 1.97 bits per heavy atom. The molecule has 158 valence electrons. The number of carbonyl (C=O) groups is 3. The number of carbonyl (C=O) groups excluding carboxylic acids is 3. The zero-order chi connectivity index (χ0) is 22.1. The summed E-state index contributed by atoms with van der Waals surface area (Å²) in [7, 11) is 0. The Morgan fingerprint density at radius 1 is 1.23 bits per heavy atom. The highest BCUT2D eigenvalue weighted by Gasteiger charge is 2.31. The third-order valence-corrected chi connectivity index (χ3v) is 4.20. The van der Waals surface area contributed by atoms with E-state index in [0.717, 1.165) is 33.8 Å². The number of halogens is 3. The lowest BCUT2D eigenvalue weighted by molar-refractivity contribution is -0.137. The van der Waals surface area contributed by atoms with Crippen molar-refractivity contribution >= 4 is 17.9 Å². The van der Waals surface area contributed by atoms with Crippen molar-refractivity contribution in [2.24, 2.45) is 0 Å². The van der Waals surface area contributed by atoms with Gasteiger partial charge in [-0.1, -0.05) is 6.07 Å². The number of nitrogens with one attached hydrogen (secondary N) is 1. The quantitative estimate of drug-likeness (QED) is 0.741. The van der Waals surface area contributed by atoms with E-state index in [2.05, 4.69) is 10.4 Å². The van der Waals surface area contributed by atoms with Crippen molar-refractivity contribution in [1.29, 1.82) is 0 Å². The van der Waals surface area contributed by atoms with Crippen LogP contribution < -0.4 is 10.7 Å². The Hall–Kier alpha value is -3.70. The molecular weight excluding hydrogens is 409 g/mol. The third-order valence-electron chi connectivity index (χ3n) is 4.20. The molecule has 0 spiro atoms. The van der Waals surface area contributed by atoms with Crippen LogP contribution in [0.25, 0.3) is 5.69 Å². The van der Waals surface area contributed by atoms with Crippen LogP contribution in [0.2, 0.25) is 0 Å². The summed E-state index contributed by atoms with van der Waals surface area (Å²) < 4.78 is 44.7. The van der Waals surface area contributed by atoms with Gasteiger partial charge in [0, 0.05) is 24.8 Å². The highest BCUT2D eigenvalue weighted by atomic mass is 19.4. The van der Waals surface area contributed by atoms with E-state index >= 15 is 0 Å². The fraction of sp³-hybridized carbons (Fsp3) is 0.278. The normalized spacial score (nSPS) is 13.9. The van der Waals surface area contributed by atoms with Crippen molar-refractivity contribution < 1.29 is 32.3 Å². The molecule has 12 heteroatoms. The third kappa shape index (κ3) is 4.31. The van der Waals surface area contributed by atoms with Crippen LogP contribution >= 0.6 is 0 Å². The van der Waals surface area contributed by atoms with E-state index in [1.54, 1.807) is 0 Å². The van der Waals surface area contributed by atoms with E-state index in [-0.39, 0.29) is 24.5 Å². The van der Waals surface area contributed by atoms with E-state index in [9.17, 15) is 32.3 Å². The second-order valence-corrected chi connectivity index (χ2v) is 6.31. The summed E-state index contributed by atoms with van der Waals surface area (Å²) in [6.07, 6.45) is -4.59. The molecule has 1 aromatic carbocycles. The standard InChI is InChI=1S/C18H15F3N4O5/c1-10-7-13(26)15(16(28)30-9-14(27)24-6-5-22-17(24)29)23-25(10)12-4-2-3-11(8-12)18(19,20)21/h2-4,7-8H,5-6,9H2,1H3,(H,22,29). The van der Waals surface area contributed by atoms with Gasteiger partial charge in [0.15, 0.2) is 6.61 Å². The Labute approximate surface area is 167 Å². The summed E-state index contributed by atoms with van der Waals surface area (Å²) in [5.41, 5.74) is -2.32. The minimum absolute atomic E-state index is 0.0267. The van der Waals surface area contributed by atoms with Gasteiger partial charge < -0.3 is 10.1 Å². The molecule has 1 aromatic heterocycles. The maximum Gasteiger partial charge on any atom is 0.416 e. The summed E-state index contributed by atoms with van der Waals surface area (Å²) in [6.45, 7) is 1.00. The predicted octanol–water partition coefficient (Wildman–Crippen LogP) is 1.27. The number of amides is 3. The summed E-state index contributed by atoms with van der Waals surface area (Å²) in [5, 5.41) is 6.22. The van der Waals surface area contributed by atoms with E-state index in [4.69, 9.17) is 4.74 Å². The SMILES string of the molecule is Cc1cc(=O)c(C(=O)OCC(=O)N2CCNC2=O)nn1-c1cccc(C(F)(F)F)c1. The van der Waals surface area contributed by atoms with Gasteiger partial charge in [0.1, 0.15) is 0 Å². The average Bonchev–Trinajstić information content (AvgIpc) is 3.11. The van der Waals surface area contributed by atoms with Gasteiger partial charge in [0.2, 0.25) is 11.1 Å². The number of rotatable bonds is 4. The van der Waals surface area contributed by atoms with Crippen LogP contribution in [0.15, 0.2) is 35.1 Å². The molecule has 0 saturated carbocycles. The minimum Gasteiger partial charge on any atom is -0.451 e. The number of hydrogen-bond acceptors (Lipinski definition) is 6. The molecule has 9 nitrogen and oxygen atoms in total. The van der Waals surface area contributed by atoms with Crippen molar-refractivity contribution in [3.8, 4) is 5.69 Å². The highest BCUT2D eigenvalue weighted by molar-refractivity contribution is 5.97. The fourth-order valence-electron chi connectivity index (χ4n) is 2.75. The highest BCUT2D eigenvalue weighted by Crippen LogP contribution is 2.30.